The van der Waals surface area contributed by atoms with Crippen molar-refractivity contribution < 1.29 is 9.13 Å². The second-order valence-electron chi connectivity index (χ2n) is 5.04. The van der Waals surface area contributed by atoms with Gasteiger partial charge in [0, 0.05) is 5.54 Å². The Bertz CT molecular complexity index is 613. The first-order chi connectivity index (χ1) is 9.44. The summed E-state index contributed by atoms with van der Waals surface area (Å²) in [6.07, 6.45) is 0.441. The van der Waals surface area contributed by atoms with Crippen molar-refractivity contribution in [2.24, 2.45) is 5.73 Å². The highest BCUT2D eigenvalue weighted by Crippen LogP contribution is 2.29. The van der Waals surface area contributed by atoms with Gasteiger partial charge < -0.3 is 10.5 Å². The summed E-state index contributed by atoms with van der Waals surface area (Å²) >= 11 is 5.99. The lowest BCUT2D eigenvalue weighted by Gasteiger charge is -2.26. The van der Waals surface area contributed by atoms with E-state index < -0.39 is 11.4 Å². The van der Waals surface area contributed by atoms with E-state index in [0.29, 0.717) is 12.0 Å². The molecule has 1 unspecified atom stereocenters. The monoisotopic (exact) mass is 293 g/mol. The first-order valence-electron chi connectivity index (χ1n) is 6.30. The van der Waals surface area contributed by atoms with Gasteiger partial charge in [-0.15, -0.1) is 0 Å². The number of rotatable bonds is 4. The van der Waals surface area contributed by atoms with Gasteiger partial charge in [0.05, 0.1) is 12.1 Å². The van der Waals surface area contributed by atoms with Crippen molar-refractivity contribution >= 4 is 11.6 Å². The van der Waals surface area contributed by atoms with Gasteiger partial charge in [0.2, 0.25) is 0 Å². The van der Waals surface area contributed by atoms with Gasteiger partial charge in [0.25, 0.3) is 0 Å². The largest absolute Gasteiger partial charge is 0.497 e. The molecule has 0 aliphatic carbocycles. The molecule has 20 heavy (non-hydrogen) atoms. The van der Waals surface area contributed by atoms with Crippen molar-refractivity contribution in [1.82, 2.24) is 0 Å². The van der Waals surface area contributed by atoms with E-state index in [0.717, 1.165) is 11.3 Å². The molecule has 0 fully saturated rings. The Kier molecular flexibility index (Phi) is 4.31. The fourth-order valence-electron chi connectivity index (χ4n) is 2.16. The van der Waals surface area contributed by atoms with E-state index in [1.54, 1.807) is 19.2 Å². The van der Waals surface area contributed by atoms with Gasteiger partial charge in [0.15, 0.2) is 0 Å². The van der Waals surface area contributed by atoms with E-state index >= 15 is 0 Å². The van der Waals surface area contributed by atoms with Gasteiger partial charge in [-0.05, 0) is 42.7 Å². The van der Waals surface area contributed by atoms with Gasteiger partial charge in [-0.2, -0.15) is 0 Å². The van der Waals surface area contributed by atoms with Crippen LogP contribution in [0.15, 0.2) is 42.5 Å². The molecule has 0 aromatic heterocycles. The van der Waals surface area contributed by atoms with Gasteiger partial charge in [-0.3, -0.25) is 0 Å². The van der Waals surface area contributed by atoms with Crippen molar-refractivity contribution in [2.45, 2.75) is 18.9 Å². The number of ether oxygens (including phenoxy) is 1. The quantitative estimate of drug-likeness (QED) is 0.928. The average Bonchev–Trinajstić information content (AvgIpc) is 2.44. The van der Waals surface area contributed by atoms with Gasteiger partial charge in [0.1, 0.15) is 11.6 Å². The van der Waals surface area contributed by atoms with Crippen molar-refractivity contribution in [3.8, 4) is 5.75 Å². The summed E-state index contributed by atoms with van der Waals surface area (Å²) in [7, 11) is 1.61. The SMILES string of the molecule is COc1cccc(C(C)(N)Cc2cccc(F)c2Cl)c1. The number of nitrogens with two attached hydrogens (primary N) is 1. The summed E-state index contributed by atoms with van der Waals surface area (Å²) < 4.78 is 18.7. The molecule has 1 atom stereocenters. The van der Waals surface area contributed by atoms with E-state index in [4.69, 9.17) is 22.1 Å². The third kappa shape index (κ3) is 3.11. The molecule has 2 rings (SSSR count). The normalized spacial score (nSPS) is 13.8. The van der Waals surface area contributed by atoms with Crippen LogP contribution in [0.25, 0.3) is 0 Å². The zero-order valence-electron chi connectivity index (χ0n) is 11.5. The summed E-state index contributed by atoms with van der Waals surface area (Å²) in [6, 6.07) is 12.3. The van der Waals surface area contributed by atoms with Crippen LogP contribution in [0.5, 0.6) is 5.75 Å². The molecule has 4 heteroatoms. The van der Waals surface area contributed by atoms with Gasteiger partial charge in [-0.1, -0.05) is 35.9 Å². The highest BCUT2D eigenvalue weighted by atomic mass is 35.5. The van der Waals surface area contributed by atoms with Crippen LogP contribution in [-0.4, -0.2) is 7.11 Å². The van der Waals surface area contributed by atoms with E-state index in [2.05, 4.69) is 0 Å². The van der Waals surface area contributed by atoms with Crippen LogP contribution >= 0.6 is 11.6 Å². The standard InChI is InChI=1S/C16H17ClFNO/c1-16(19,12-6-4-7-13(9-12)20-2)10-11-5-3-8-14(18)15(11)17/h3-9H,10,19H2,1-2H3. The molecule has 2 nitrogen and oxygen atoms in total. The molecule has 106 valence electrons. The molecular weight excluding hydrogens is 277 g/mol. The molecule has 0 aliphatic heterocycles. The minimum atomic E-state index is -0.661. The van der Waals surface area contributed by atoms with E-state index in [-0.39, 0.29) is 5.02 Å². The Labute approximate surface area is 123 Å². The summed E-state index contributed by atoms with van der Waals surface area (Å²) in [4.78, 5) is 0. The van der Waals surface area contributed by atoms with E-state index in [1.807, 2.05) is 31.2 Å². The third-order valence-corrected chi connectivity index (χ3v) is 3.74. The molecule has 2 aromatic rings. The van der Waals surface area contributed by atoms with Crippen LogP contribution in [0, 0.1) is 5.82 Å². The molecule has 0 radical (unpaired) electrons. The Balaban J connectivity index is 2.32. The summed E-state index contributed by atoms with van der Waals surface area (Å²) in [5, 5.41) is 0.132. The van der Waals surface area contributed by atoms with E-state index in [1.165, 1.54) is 6.07 Å². The lowest BCUT2D eigenvalue weighted by Crippen LogP contribution is -2.35. The molecule has 2 aromatic carbocycles. The van der Waals surface area contributed by atoms with Crippen molar-refractivity contribution in [3.05, 3.63) is 64.4 Å². The Morgan fingerprint density at radius 1 is 1.25 bits per heavy atom. The van der Waals surface area contributed by atoms with Gasteiger partial charge >= 0.3 is 0 Å². The summed E-state index contributed by atoms with van der Waals surface area (Å²) in [5.41, 5.74) is 7.32. The topological polar surface area (TPSA) is 35.2 Å². The molecule has 0 heterocycles. The fraction of sp³-hybridized carbons (Fsp3) is 0.250. The zero-order valence-corrected chi connectivity index (χ0v) is 12.2. The maximum atomic E-state index is 13.5. The highest BCUT2D eigenvalue weighted by molar-refractivity contribution is 6.31. The Morgan fingerprint density at radius 3 is 2.65 bits per heavy atom. The van der Waals surface area contributed by atoms with Crippen LogP contribution in [0.3, 0.4) is 0 Å². The fourth-order valence-corrected chi connectivity index (χ4v) is 2.35. The molecular formula is C16H17ClFNO. The third-order valence-electron chi connectivity index (χ3n) is 3.32. The van der Waals surface area contributed by atoms with Crippen LogP contribution in [0.4, 0.5) is 4.39 Å². The average molecular weight is 294 g/mol. The number of hydrogen-bond donors (Lipinski definition) is 1. The molecule has 0 amide bonds. The second kappa shape index (κ2) is 5.81. The number of halogens is 2. The molecule has 0 bridgehead atoms. The molecule has 0 saturated heterocycles. The van der Waals surface area contributed by atoms with Crippen LogP contribution < -0.4 is 10.5 Å². The smallest absolute Gasteiger partial charge is 0.142 e. The van der Waals surface area contributed by atoms with Crippen molar-refractivity contribution in [1.29, 1.82) is 0 Å². The molecule has 0 saturated carbocycles. The van der Waals surface area contributed by atoms with Crippen molar-refractivity contribution in [2.75, 3.05) is 7.11 Å². The van der Waals surface area contributed by atoms with Crippen molar-refractivity contribution in [3.63, 3.8) is 0 Å². The number of hydrogen-bond acceptors (Lipinski definition) is 2. The maximum Gasteiger partial charge on any atom is 0.142 e. The minimum absolute atomic E-state index is 0.132. The van der Waals surface area contributed by atoms with Crippen LogP contribution in [0.1, 0.15) is 18.1 Å². The summed E-state index contributed by atoms with van der Waals surface area (Å²) in [6.45, 7) is 1.89. The zero-order chi connectivity index (χ0) is 14.8. The molecule has 0 aliphatic rings. The lowest BCUT2D eigenvalue weighted by atomic mass is 9.86. The molecule has 2 N–H and O–H groups in total. The predicted octanol–water partition coefficient (Wildman–Crippen LogP) is 3.90. The molecule has 0 spiro atoms. The maximum absolute atomic E-state index is 13.5. The number of methoxy groups -OCH3 is 1. The summed E-state index contributed by atoms with van der Waals surface area (Å²) in [5.74, 6) is 0.315. The number of benzene rings is 2. The van der Waals surface area contributed by atoms with Crippen LogP contribution in [0.2, 0.25) is 5.02 Å². The Morgan fingerprint density at radius 2 is 1.95 bits per heavy atom. The first-order valence-corrected chi connectivity index (χ1v) is 6.68. The first kappa shape index (κ1) is 14.8. The van der Waals surface area contributed by atoms with Crippen LogP contribution in [-0.2, 0) is 12.0 Å². The second-order valence-corrected chi connectivity index (χ2v) is 5.42. The van der Waals surface area contributed by atoms with Gasteiger partial charge in [-0.25, -0.2) is 4.39 Å². The minimum Gasteiger partial charge on any atom is -0.497 e. The highest BCUT2D eigenvalue weighted by Gasteiger charge is 2.24. The predicted molar refractivity (Wildman–Crippen MR) is 79.6 cm³/mol. The van der Waals surface area contributed by atoms with E-state index in [9.17, 15) is 4.39 Å². The lowest BCUT2D eigenvalue weighted by molar-refractivity contribution is 0.410. The Hall–Kier alpha value is -1.58.